The lowest BCUT2D eigenvalue weighted by atomic mass is 9.69. The summed E-state index contributed by atoms with van der Waals surface area (Å²) in [4.78, 5) is 32.3. The SMILES string of the molecule is C=C1CCC(N2Cc3cc(OCCCCN4CCN(c5ccc([C@H]6c7ccc(O)cc7CC[C@H]6c6ccccc6)cc5)CC4)ccc3C2=O)C(=O)N1. The number of phenolic OH excluding ortho intramolecular Hbond substituents is 1. The van der Waals surface area contributed by atoms with Gasteiger partial charge in [0.05, 0.1) is 6.61 Å². The van der Waals surface area contributed by atoms with Crippen LogP contribution in [0.3, 0.4) is 0 Å². The summed E-state index contributed by atoms with van der Waals surface area (Å²) in [6.07, 6.45) is 5.37. The van der Waals surface area contributed by atoms with E-state index in [1.165, 1.54) is 27.9 Å². The van der Waals surface area contributed by atoms with Gasteiger partial charge in [-0.3, -0.25) is 14.5 Å². The Kier molecular flexibility index (Phi) is 9.74. The number of amides is 2. The maximum atomic E-state index is 13.0. The highest BCUT2D eigenvalue weighted by Gasteiger charge is 2.38. The quantitative estimate of drug-likeness (QED) is 0.174. The molecule has 2 saturated heterocycles. The predicted molar refractivity (Wildman–Crippen MR) is 204 cm³/mol. The van der Waals surface area contributed by atoms with Crippen LogP contribution in [-0.4, -0.2) is 72.1 Å². The minimum atomic E-state index is -0.451. The molecule has 2 amide bonds. The molecule has 8 nitrogen and oxygen atoms in total. The number of allylic oxidation sites excluding steroid dienone is 1. The van der Waals surface area contributed by atoms with Gasteiger partial charge < -0.3 is 25.0 Å². The molecule has 1 aliphatic carbocycles. The van der Waals surface area contributed by atoms with E-state index < -0.39 is 6.04 Å². The third kappa shape index (κ3) is 7.04. The van der Waals surface area contributed by atoms with Crippen molar-refractivity contribution in [1.29, 1.82) is 0 Å². The van der Waals surface area contributed by atoms with Crippen LogP contribution in [0.4, 0.5) is 5.69 Å². The van der Waals surface area contributed by atoms with E-state index in [0.29, 0.717) is 48.9 Å². The highest BCUT2D eigenvalue weighted by Crippen LogP contribution is 2.47. The molecule has 268 valence electrons. The van der Waals surface area contributed by atoms with E-state index in [1.54, 1.807) is 4.90 Å². The Morgan fingerprint density at radius 2 is 1.62 bits per heavy atom. The second-order valence-corrected chi connectivity index (χ2v) is 14.8. The van der Waals surface area contributed by atoms with E-state index in [2.05, 4.69) is 82.4 Å². The van der Waals surface area contributed by atoms with Gasteiger partial charge in [-0.2, -0.15) is 0 Å². The summed E-state index contributed by atoms with van der Waals surface area (Å²) < 4.78 is 6.10. The van der Waals surface area contributed by atoms with Gasteiger partial charge in [0.2, 0.25) is 5.91 Å². The van der Waals surface area contributed by atoms with E-state index >= 15 is 0 Å². The number of hydrogen-bond donors (Lipinski definition) is 2. The predicted octanol–water partition coefficient (Wildman–Crippen LogP) is 6.98. The first kappa shape index (κ1) is 34.0. The van der Waals surface area contributed by atoms with Crippen LogP contribution in [0.5, 0.6) is 11.5 Å². The number of phenols is 1. The number of hydrogen-bond acceptors (Lipinski definition) is 6. The summed E-state index contributed by atoms with van der Waals surface area (Å²) in [6.45, 7) is 10.1. The number of nitrogens with zero attached hydrogens (tertiary/aromatic N) is 3. The minimum Gasteiger partial charge on any atom is -0.508 e. The molecule has 3 aliphatic heterocycles. The molecule has 3 heterocycles. The fraction of sp³-hybridized carbons (Fsp3) is 0.364. The normalized spacial score (nSPS) is 21.8. The summed E-state index contributed by atoms with van der Waals surface area (Å²) in [5, 5.41) is 13.0. The standard InChI is InChI=1S/C44H48N4O4/c1-30-9-20-41(43(50)45-30)48-29-34-28-37(16-19-40(34)44(48)51)52-26-6-5-21-46-22-24-47(25-23-46)35-13-10-32(11-14-35)42-38(31-7-3-2-4-8-31)17-12-33-27-36(49)15-18-39(33)42/h2-4,7-8,10-11,13-16,18-19,27-28,38,41-42,49H,1,5-6,9,12,17,20-26,29H2,(H,45,50)/t38-,41?,42+/m0/s1. The molecule has 4 aromatic carbocycles. The van der Waals surface area contributed by atoms with Crippen molar-refractivity contribution >= 4 is 17.5 Å². The minimum absolute atomic E-state index is 0.0866. The Bertz CT molecular complexity index is 1940. The molecule has 0 aromatic heterocycles. The zero-order valence-electron chi connectivity index (χ0n) is 29.8. The zero-order valence-corrected chi connectivity index (χ0v) is 29.8. The number of aromatic hydroxyl groups is 1. The maximum Gasteiger partial charge on any atom is 0.255 e. The van der Waals surface area contributed by atoms with Crippen LogP contribution in [0, 0.1) is 0 Å². The Morgan fingerprint density at radius 1 is 0.808 bits per heavy atom. The maximum absolute atomic E-state index is 13.0. The van der Waals surface area contributed by atoms with Crippen LogP contribution < -0.4 is 15.0 Å². The topological polar surface area (TPSA) is 85.4 Å². The van der Waals surface area contributed by atoms with E-state index in [-0.39, 0.29) is 17.7 Å². The lowest BCUT2D eigenvalue weighted by molar-refractivity contribution is -0.126. The van der Waals surface area contributed by atoms with Gasteiger partial charge in [-0.05, 0) is 121 Å². The van der Waals surface area contributed by atoms with Gasteiger partial charge in [-0.25, -0.2) is 0 Å². The van der Waals surface area contributed by atoms with Crippen LogP contribution >= 0.6 is 0 Å². The van der Waals surface area contributed by atoms with E-state index in [9.17, 15) is 14.7 Å². The van der Waals surface area contributed by atoms with Crippen molar-refractivity contribution in [2.45, 2.75) is 62.9 Å². The highest BCUT2D eigenvalue weighted by molar-refractivity contribution is 6.01. The van der Waals surface area contributed by atoms with Gasteiger partial charge in [0.1, 0.15) is 17.5 Å². The van der Waals surface area contributed by atoms with Crippen molar-refractivity contribution in [2.24, 2.45) is 0 Å². The number of fused-ring (bicyclic) bond motifs is 2. The molecule has 0 bridgehead atoms. The first-order chi connectivity index (χ1) is 25.4. The van der Waals surface area contributed by atoms with Crippen molar-refractivity contribution < 1.29 is 19.4 Å². The van der Waals surface area contributed by atoms with Gasteiger partial charge >= 0.3 is 0 Å². The van der Waals surface area contributed by atoms with E-state index in [0.717, 1.165) is 69.7 Å². The number of piperazine rings is 1. The summed E-state index contributed by atoms with van der Waals surface area (Å²) in [5.74, 6) is 1.56. The summed E-state index contributed by atoms with van der Waals surface area (Å²) >= 11 is 0. The average molecular weight is 697 g/mol. The van der Waals surface area contributed by atoms with Gasteiger partial charge in [0.25, 0.3) is 5.91 Å². The molecule has 8 rings (SSSR count). The molecule has 4 aliphatic rings. The number of piperidine rings is 1. The third-order valence-electron chi connectivity index (χ3n) is 11.6. The molecule has 4 aromatic rings. The second-order valence-electron chi connectivity index (χ2n) is 14.8. The molecule has 8 heteroatoms. The molecule has 3 atom stereocenters. The smallest absolute Gasteiger partial charge is 0.255 e. The fourth-order valence-electron chi connectivity index (χ4n) is 8.75. The molecule has 52 heavy (non-hydrogen) atoms. The Balaban J connectivity index is 0.803. The zero-order chi connectivity index (χ0) is 35.6. The van der Waals surface area contributed by atoms with Crippen molar-refractivity contribution in [3.63, 3.8) is 0 Å². The van der Waals surface area contributed by atoms with Crippen molar-refractivity contribution in [3.8, 4) is 11.5 Å². The monoisotopic (exact) mass is 696 g/mol. The van der Waals surface area contributed by atoms with Crippen molar-refractivity contribution in [1.82, 2.24) is 15.1 Å². The van der Waals surface area contributed by atoms with Gasteiger partial charge in [-0.15, -0.1) is 0 Å². The molecular formula is C44H48N4O4. The lowest BCUT2D eigenvalue weighted by Gasteiger charge is -2.37. The fourth-order valence-corrected chi connectivity index (χ4v) is 8.75. The third-order valence-corrected chi connectivity index (χ3v) is 11.6. The largest absolute Gasteiger partial charge is 0.508 e. The molecule has 0 radical (unpaired) electrons. The van der Waals surface area contributed by atoms with E-state index in [4.69, 9.17) is 4.74 Å². The number of anilines is 1. The van der Waals surface area contributed by atoms with Gasteiger partial charge in [0, 0.05) is 55.6 Å². The summed E-state index contributed by atoms with van der Waals surface area (Å²) in [5.41, 5.74) is 8.88. The number of rotatable bonds is 10. The highest BCUT2D eigenvalue weighted by atomic mass is 16.5. The summed E-state index contributed by atoms with van der Waals surface area (Å²) in [7, 11) is 0. The summed E-state index contributed by atoms with van der Waals surface area (Å²) in [6, 6.07) is 31.3. The number of carbonyl (C=O) groups is 2. The molecular weight excluding hydrogens is 649 g/mol. The Hall–Kier alpha value is -5.08. The first-order valence-electron chi connectivity index (χ1n) is 18.9. The number of unbranched alkanes of at least 4 members (excludes halogenated alkanes) is 1. The Morgan fingerprint density at radius 3 is 2.40 bits per heavy atom. The van der Waals surface area contributed by atoms with E-state index in [1.807, 2.05) is 30.3 Å². The van der Waals surface area contributed by atoms with Crippen LogP contribution in [0.2, 0.25) is 0 Å². The average Bonchev–Trinajstić information content (AvgIpc) is 3.49. The number of benzene rings is 4. The number of carbonyl (C=O) groups excluding carboxylic acids is 2. The first-order valence-corrected chi connectivity index (χ1v) is 18.9. The van der Waals surface area contributed by atoms with Crippen LogP contribution in [0.15, 0.2) is 103 Å². The number of aryl methyl sites for hydroxylation is 1. The lowest BCUT2D eigenvalue weighted by Crippen LogP contribution is -2.49. The molecule has 1 unspecified atom stereocenters. The molecule has 0 saturated carbocycles. The molecule has 0 spiro atoms. The van der Waals surface area contributed by atoms with Crippen LogP contribution in [-0.2, 0) is 17.8 Å². The second kappa shape index (κ2) is 14.9. The van der Waals surface area contributed by atoms with Gasteiger partial charge in [-0.1, -0.05) is 55.1 Å². The Labute approximate surface area is 306 Å². The van der Waals surface area contributed by atoms with Crippen LogP contribution in [0.25, 0.3) is 0 Å². The number of nitrogens with one attached hydrogen (secondary N) is 1. The van der Waals surface area contributed by atoms with Crippen molar-refractivity contribution in [3.05, 3.63) is 137 Å². The van der Waals surface area contributed by atoms with Crippen LogP contribution in [0.1, 0.15) is 82.1 Å². The molecule has 2 fully saturated rings. The van der Waals surface area contributed by atoms with Crippen molar-refractivity contribution in [2.75, 3.05) is 44.2 Å². The van der Waals surface area contributed by atoms with Gasteiger partial charge in [0.15, 0.2) is 0 Å². The molecule has 2 N–H and O–H groups in total. The number of ether oxygens (including phenoxy) is 1.